The van der Waals surface area contributed by atoms with Gasteiger partial charge in [0.25, 0.3) is 0 Å². The van der Waals surface area contributed by atoms with Gasteiger partial charge in [-0.15, -0.1) is 0 Å². The predicted octanol–water partition coefficient (Wildman–Crippen LogP) is 3.14. The molecule has 0 spiro atoms. The fourth-order valence-corrected chi connectivity index (χ4v) is 2.82. The minimum absolute atomic E-state index is 0.559. The van der Waals surface area contributed by atoms with Gasteiger partial charge in [-0.1, -0.05) is 25.1 Å². The van der Waals surface area contributed by atoms with Crippen molar-refractivity contribution in [3.63, 3.8) is 0 Å². The number of likely N-dealkylation sites (N-methyl/N-ethyl adjacent to an activating group) is 1. The van der Waals surface area contributed by atoms with Crippen molar-refractivity contribution in [2.45, 2.75) is 38.1 Å². The number of nitrogens with zero attached hydrogens (tertiary/aromatic N) is 1. The molecule has 1 aromatic rings. The van der Waals surface area contributed by atoms with Crippen LogP contribution < -0.4 is 0 Å². The molecular weight excluding hydrogens is 226 g/mol. The van der Waals surface area contributed by atoms with E-state index in [4.69, 9.17) is 0 Å². The molecule has 1 aliphatic rings. The molecule has 0 aromatic heterocycles. The highest BCUT2D eigenvalue weighted by molar-refractivity contribution is 7.80. The summed E-state index contributed by atoms with van der Waals surface area (Å²) in [6.45, 7) is 2.25. The molecule has 0 fully saturated rings. The van der Waals surface area contributed by atoms with E-state index in [1.165, 1.54) is 24.8 Å². The largest absolute Gasteiger partial charge is 0.306 e. The number of thiol groups is 1. The van der Waals surface area contributed by atoms with E-state index >= 15 is 0 Å². The van der Waals surface area contributed by atoms with Crippen LogP contribution in [0.15, 0.2) is 18.2 Å². The monoisotopic (exact) mass is 249 g/mol. The normalized spacial score (nSPS) is 21.4. The second-order valence-electron chi connectivity index (χ2n) is 5.47. The summed E-state index contributed by atoms with van der Waals surface area (Å²) in [5.74, 6) is 1.49. The van der Waals surface area contributed by atoms with Crippen LogP contribution in [-0.4, -0.2) is 30.8 Å². The van der Waals surface area contributed by atoms with E-state index in [9.17, 15) is 0 Å². The van der Waals surface area contributed by atoms with Crippen molar-refractivity contribution in [3.8, 4) is 0 Å². The number of rotatable bonds is 3. The van der Waals surface area contributed by atoms with Crippen molar-refractivity contribution < 1.29 is 0 Å². The van der Waals surface area contributed by atoms with Crippen molar-refractivity contribution >= 4 is 12.6 Å². The molecule has 0 bridgehead atoms. The Balaban J connectivity index is 2.23. The average Bonchev–Trinajstić information content (AvgIpc) is 2.36. The minimum Gasteiger partial charge on any atom is -0.306 e. The number of hydrogen-bond acceptors (Lipinski definition) is 2. The molecule has 0 radical (unpaired) electrons. The van der Waals surface area contributed by atoms with Crippen LogP contribution in [0.3, 0.4) is 0 Å². The Kier molecular flexibility index (Phi) is 4.16. The van der Waals surface area contributed by atoms with Crippen LogP contribution in [0, 0.1) is 0 Å². The molecule has 17 heavy (non-hydrogen) atoms. The summed E-state index contributed by atoms with van der Waals surface area (Å²) < 4.78 is 0. The molecular formula is C15H23NS. The van der Waals surface area contributed by atoms with Gasteiger partial charge in [0.2, 0.25) is 0 Å². The SMILES string of the molecule is CC(CS)c1ccc2c(c1)CC(N(C)C)CC2. The van der Waals surface area contributed by atoms with Crippen LogP contribution in [0.4, 0.5) is 0 Å². The van der Waals surface area contributed by atoms with Crippen molar-refractivity contribution in [3.05, 3.63) is 34.9 Å². The summed E-state index contributed by atoms with van der Waals surface area (Å²) in [6.07, 6.45) is 3.73. The Morgan fingerprint density at radius 2 is 2.12 bits per heavy atom. The summed E-state index contributed by atoms with van der Waals surface area (Å²) in [7, 11) is 4.38. The topological polar surface area (TPSA) is 3.24 Å². The highest BCUT2D eigenvalue weighted by atomic mass is 32.1. The Labute approximate surface area is 111 Å². The van der Waals surface area contributed by atoms with Crippen LogP contribution in [-0.2, 0) is 12.8 Å². The van der Waals surface area contributed by atoms with Gasteiger partial charge >= 0.3 is 0 Å². The fraction of sp³-hybridized carbons (Fsp3) is 0.600. The van der Waals surface area contributed by atoms with Crippen LogP contribution in [0.1, 0.15) is 36.0 Å². The summed E-state index contributed by atoms with van der Waals surface area (Å²) in [4.78, 5) is 2.36. The molecule has 94 valence electrons. The van der Waals surface area contributed by atoms with E-state index in [0.717, 1.165) is 5.75 Å². The molecule has 0 saturated carbocycles. The Hall–Kier alpha value is -0.470. The van der Waals surface area contributed by atoms with Crippen LogP contribution >= 0.6 is 12.6 Å². The van der Waals surface area contributed by atoms with Crippen molar-refractivity contribution in [2.75, 3.05) is 19.8 Å². The van der Waals surface area contributed by atoms with E-state index in [0.29, 0.717) is 12.0 Å². The lowest BCUT2D eigenvalue weighted by atomic mass is 9.85. The zero-order valence-electron chi connectivity index (χ0n) is 11.1. The third-order valence-corrected chi connectivity index (χ3v) is 4.55. The molecule has 2 unspecified atom stereocenters. The molecule has 0 heterocycles. The van der Waals surface area contributed by atoms with Crippen LogP contribution in [0.2, 0.25) is 0 Å². The summed E-state index contributed by atoms with van der Waals surface area (Å²) in [5.41, 5.74) is 4.55. The maximum atomic E-state index is 4.40. The third kappa shape index (κ3) is 2.86. The molecule has 0 aliphatic heterocycles. The van der Waals surface area contributed by atoms with Crippen molar-refractivity contribution in [1.29, 1.82) is 0 Å². The number of aryl methyl sites for hydroxylation is 1. The summed E-state index contributed by atoms with van der Waals surface area (Å²) in [5, 5.41) is 0. The zero-order valence-corrected chi connectivity index (χ0v) is 12.0. The van der Waals surface area contributed by atoms with Crippen molar-refractivity contribution in [2.24, 2.45) is 0 Å². The first-order valence-electron chi connectivity index (χ1n) is 6.50. The highest BCUT2D eigenvalue weighted by Crippen LogP contribution is 2.27. The molecule has 0 N–H and O–H groups in total. The van der Waals surface area contributed by atoms with E-state index in [1.54, 1.807) is 11.1 Å². The summed E-state index contributed by atoms with van der Waals surface area (Å²) >= 11 is 4.40. The Bertz CT molecular complexity index is 387. The van der Waals surface area contributed by atoms with Crippen LogP contribution in [0.25, 0.3) is 0 Å². The number of fused-ring (bicyclic) bond motifs is 1. The van der Waals surface area contributed by atoms with Gasteiger partial charge in [0.05, 0.1) is 0 Å². The molecule has 1 aliphatic carbocycles. The van der Waals surface area contributed by atoms with Gasteiger partial charge < -0.3 is 4.90 Å². The first-order chi connectivity index (χ1) is 8.11. The lowest BCUT2D eigenvalue weighted by Gasteiger charge is -2.30. The first-order valence-corrected chi connectivity index (χ1v) is 7.14. The minimum atomic E-state index is 0.559. The molecule has 2 atom stereocenters. The molecule has 0 saturated heterocycles. The van der Waals surface area contributed by atoms with Gasteiger partial charge in [-0.05, 0) is 61.7 Å². The fourth-order valence-electron chi connectivity index (χ4n) is 2.61. The van der Waals surface area contributed by atoms with Crippen molar-refractivity contribution in [1.82, 2.24) is 4.90 Å². The lowest BCUT2D eigenvalue weighted by Crippen LogP contribution is -2.33. The second kappa shape index (κ2) is 5.45. The number of benzene rings is 1. The van der Waals surface area contributed by atoms with E-state index in [2.05, 4.69) is 56.7 Å². The standard InChI is InChI=1S/C15H23NS/c1-11(10-17)13-5-4-12-6-7-15(16(2)3)9-14(12)8-13/h4-5,8,11,15,17H,6-7,9-10H2,1-3H3. The first kappa shape index (κ1) is 13.0. The molecule has 1 nitrogen and oxygen atoms in total. The van der Waals surface area contributed by atoms with Crippen LogP contribution in [0.5, 0.6) is 0 Å². The second-order valence-corrected chi connectivity index (χ2v) is 5.84. The smallest absolute Gasteiger partial charge is 0.0133 e. The van der Waals surface area contributed by atoms with Gasteiger partial charge in [0.1, 0.15) is 0 Å². The molecule has 2 heteroatoms. The molecule has 2 rings (SSSR count). The average molecular weight is 249 g/mol. The molecule has 0 amide bonds. The quantitative estimate of drug-likeness (QED) is 0.806. The van der Waals surface area contributed by atoms with E-state index in [1.807, 2.05) is 0 Å². The highest BCUT2D eigenvalue weighted by Gasteiger charge is 2.20. The third-order valence-electron chi connectivity index (χ3n) is 4.01. The van der Waals surface area contributed by atoms with E-state index in [-0.39, 0.29) is 0 Å². The molecule has 1 aromatic carbocycles. The van der Waals surface area contributed by atoms with Gasteiger partial charge in [-0.3, -0.25) is 0 Å². The van der Waals surface area contributed by atoms with Gasteiger partial charge in [0, 0.05) is 6.04 Å². The van der Waals surface area contributed by atoms with Gasteiger partial charge in [-0.2, -0.15) is 12.6 Å². The number of hydrogen-bond donors (Lipinski definition) is 1. The zero-order chi connectivity index (χ0) is 12.4. The Morgan fingerprint density at radius 1 is 1.35 bits per heavy atom. The lowest BCUT2D eigenvalue weighted by molar-refractivity contribution is 0.268. The maximum absolute atomic E-state index is 4.40. The summed E-state index contributed by atoms with van der Waals surface area (Å²) in [6, 6.07) is 7.74. The van der Waals surface area contributed by atoms with E-state index < -0.39 is 0 Å². The predicted molar refractivity (Wildman–Crippen MR) is 78.2 cm³/mol. The van der Waals surface area contributed by atoms with Gasteiger partial charge in [-0.25, -0.2) is 0 Å². The maximum Gasteiger partial charge on any atom is 0.0133 e. The Morgan fingerprint density at radius 3 is 2.76 bits per heavy atom. The van der Waals surface area contributed by atoms with Gasteiger partial charge in [0.15, 0.2) is 0 Å².